The minimum Gasteiger partial charge on any atom is -0.473 e. The summed E-state index contributed by atoms with van der Waals surface area (Å²) in [6.45, 7) is 0. The molecule has 0 saturated carbocycles. The molecule has 1 aliphatic carbocycles. The van der Waals surface area contributed by atoms with Gasteiger partial charge in [0.15, 0.2) is 0 Å². The highest BCUT2D eigenvalue weighted by atomic mass is 16.3. The summed E-state index contributed by atoms with van der Waals surface area (Å²) in [5.41, 5.74) is 3.17. The molecule has 0 bridgehead atoms. The van der Waals surface area contributed by atoms with E-state index in [0.29, 0.717) is 0 Å². The Labute approximate surface area is 218 Å². The van der Waals surface area contributed by atoms with Gasteiger partial charge in [-0.1, -0.05) is 109 Å². The molecule has 0 spiro atoms. The van der Waals surface area contributed by atoms with Crippen molar-refractivity contribution in [1.82, 2.24) is 0 Å². The maximum atomic E-state index is 4.58. The van der Waals surface area contributed by atoms with Crippen LogP contribution in [-0.4, -0.2) is 0 Å². The molecule has 7 aromatic rings. The Morgan fingerprint density at radius 2 is 0.865 bits per heavy atom. The average molecular weight is 479 g/mol. The third kappa shape index (κ3) is 4.86. The third-order valence-electron chi connectivity index (χ3n) is 7.34. The summed E-state index contributed by atoms with van der Waals surface area (Å²) in [7, 11) is 0. The van der Waals surface area contributed by atoms with Crippen molar-refractivity contribution >= 4 is 43.1 Å². The second-order valence-corrected chi connectivity index (χ2v) is 9.59. The van der Waals surface area contributed by atoms with Gasteiger partial charge in [0.25, 0.3) is 0 Å². The zero-order valence-electron chi connectivity index (χ0n) is 20.9. The monoisotopic (exact) mass is 478 g/mol. The first-order valence-corrected chi connectivity index (χ1v) is 13.1. The van der Waals surface area contributed by atoms with Crippen molar-refractivity contribution in [2.24, 2.45) is 0 Å². The summed E-state index contributed by atoms with van der Waals surface area (Å²) in [6.07, 6.45) is 8.47. The first-order chi connectivity index (χ1) is 18.4. The number of hydrogen-bond donors (Lipinski definition) is 0. The van der Waals surface area contributed by atoms with Gasteiger partial charge in [0.1, 0.15) is 0 Å². The molecule has 0 aliphatic heterocycles. The third-order valence-corrected chi connectivity index (χ3v) is 7.34. The minimum absolute atomic E-state index is 1.25. The fraction of sp³-hybridized carbons (Fsp3) is 0.111. The molecule has 6 aromatic carbocycles. The number of benzene rings is 6. The lowest BCUT2D eigenvalue weighted by atomic mass is 9.86. The standard InChI is InChI=1S/C18H16.C14H10.C4H4O/c1-3-7-15-13(5-1)9-11-18-16-8-4-2-6-14(16)10-12-17(15)18;1-3-7-13-11(5-1)9-10-12-6-2-4-8-14(12)13;1-2-4-5-3-1/h1,3,5,7,9-12H,2,4,6,8H2;1-10H;1-4H. The van der Waals surface area contributed by atoms with Crippen LogP contribution in [0.15, 0.2) is 138 Å². The van der Waals surface area contributed by atoms with E-state index in [2.05, 4.69) is 114 Å². The molecule has 180 valence electrons. The lowest BCUT2D eigenvalue weighted by molar-refractivity contribution is 0.567. The van der Waals surface area contributed by atoms with Crippen LogP contribution in [0.3, 0.4) is 0 Å². The Morgan fingerprint density at radius 1 is 0.378 bits per heavy atom. The van der Waals surface area contributed by atoms with Crippen LogP contribution in [-0.2, 0) is 12.8 Å². The average Bonchev–Trinajstić information content (AvgIpc) is 3.58. The van der Waals surface area contributed by atoms with E-state index in [1.54, 1.807) is 23.7 Å². The van der Waals surface area contributed by atoms with E-state index >= 15 is 0 Å². The minimum atomic E-state index is 1.25. The zero-order valence-corrected chi connectivity index (χ0v) is 20.9. The molecule has 0 atom stereocenters. The van der Waals surface area contributed by atoms with Gasteiger partial charge in [-0.15, -0.1) is 0 Å². The van der Waals surface area contributed by atoms with Crippen molar-refractivity contribution < 1.29 is 4.42 Å². The normalized spacial score (nSPS) is 12.4. The van der Waals surface area contributed by atoms with Crippen molar-refractivity contribution in [3.63, 3.8) is 0 Å². The van der Waals surface area contributed by atoms with Gasteiger partial charge in [-0.25, -0.2) is 0 Å². The molecule has 0 N–H and O–H groups in total. The van der Waals surface area contributed by atoms with Crippen LogP contribution in [0.1, 0.15) is 24.0 Å². The van der Waals surface area contributed by atoms with Gasteiger partial charge in [-0.3, -0.25) is 0 Å². The van der Waals surface area contributed by atoms with Crippen molar-refractivity contribution in [3.8, 4) is 0 Å². The molecule has 8 rings (SSSR count). The van der Waals surface area contributed by atoms with Gasteiger partial charge in [-0.05, 0) is 92.0 Å². The summed E-state index contributed by atoms with van der Waals surface area (Å²) in [4.78, 5) is 0. The summed E-state index contributed by atoms with van der Waals surface area (Å²) in [6, 6.07) is 43.0. The van der Waals surface area contributed by atoms with Crippen LogP contribution in [0.5, 0.6) is 0 Å². The Kier molecular flexibility index (Phi) is 6.68. The van der Waals surface area contributed by atoms with E-state index in [1.165, 1.54) is 68.8 Å². The SMILES string of the molecule is c1ccc2c(c1)ccc1c3c(ccc12)CCCC3.c1ccc2c(c1)ccc1ccccc12.c1ccoc1. The number of furan rings is 1. The quantitative estimate of drug-likeness (QED) is 0.198. The molecule has 0 saturated heterocycles. The Bertz CT molecular complexity index is 1700. The highest BCUT2D eigenvalue weighted by molar-refractivity contribution is 6.09. The molecular formula is C36H30O. The van der Waals surface area contributed by atoms with E-state index in [-0.39, 0.29) is 0 Å². The van der Waals surface area contributed by atoms with Crippen LogP contribution in [0.2, 0.25) is 0 Å². The molecule has 0 amide bonds. The summed E-state index contributed by atoms with van der Waals surface area (Å²) < 4.78 is 4.58. The van der Waals surface area contributed by atoms with E-state index < -0.39 is 0 Å². The topological polar surface area (TPSA) is 13.1 Å². The van der Waals surface area contributed by atoms with E-state index in [1.807, 2.05) is 12.1 Å². The molecule has 1 heterocycles. The number of hydrogen-bond acceptors (Lipinski definition) is 1. The largest absolute Gasteiger partial charge is 0.473 e. The lowest BCUT2D eigenvalue weighted by Gasteiger charge is -2.18. The predicted molar refractivity (Wildman–Crippen MR) is 158 cm³/mol. The van der Waals surface area contributed by atoms with Crippen LogP contribution < -0.4 is 0 Å². The van der Waals surface area contributed by atoms with Crippen LogP contribution in [0.4, 0.5) is 0 Å². The summed E-state index contributed by atoms with van der Waals surface area (Å²) in [5, 5.41) is 10.9. The van der Waals surface area contributed by atoms with E-state index in [4.69, 9.17) is 0 Å². The molecule has 1 heteroatoms. The molecule has 37 heavy (non-hydrogen) atoms. The molecule has 0 fully saturated rings. The molecule has 1 nitrogen and oxygen atoms in total. The van der Waals surface area contributed by atoms with Gasteiger partial charge >= 0.3 is 0 Å². The fourth-order valence-corrected chi connectivity index (χ4v) is 5.52. The van der Waals surface area contributed by atoms with Gasteiger partial charge in [0.2, 0.25) is 0 Å². The number of aryl methyl sites for hydroxylation is 2. The van der Waals surface area contributed by atoms with Crippen LogP contribution in [0, 0.1) is 0 Å². The van der Waals surface area contributed by atoms with Crippen molar-refractivity contribution in [3.05, 3.63) is 145 Å². The first-order valence-electron chi connectivity index (χ1n) is 13.1. The highest BCUT2D eigenvalue weighted by Gasteiger charge is 2.13. The number of fused-ring (bicyclic) bond motifs is 8. The van der Waals surface area contributed by atoms with Crippen LogP contribution in [0.25, 0.3) is 43.1 Å². The summed E-state index contributed by atoms with van der Waals surface area (Å²) in [5.74, 6) is 0. The zero-order chi connectivity index (χ0) is 24.9. The van der Waals surface area contributed by atoms with Crippen molar-refractivity contribution in [2.75, 3.05) is 0 Å². The van der Waals surface area contributed by atoms with Gasteiger partial charge < -0.3 is 4.42 Å². The fourth-order valence-electron chi connectivity index (χ4n) is 5.52. The molecular weight excluding hydrogens is 448 g/mol. The maximum Gasteiger partial charge on any atom is 0.0902 e. The van der Waals surface area contributed by atoms with Crippen LogP contribution >= 0.6 is 0 Å². The summed E-state index contributed by atoms with van der Waals surface area (Å²) >= 11 is 0. The predicted octanol–water partition coefficient (Wildman–Crippen LogP) is 10.1. The number of rotatable bonds is 0. The van der Waals surface area contributed by atoms with Gasteiger partial charge in [-0.2, -0.15) is 0 Å². The molecule has 0 unspecified atom stereocenters. The van der Waals surface area contributed by atoms with Crippen molar-refractivity contribution in [2.45, 2.75) is 25.7 Å². The maximum absolute atomic E-state index is 4.58. The van der Waals surface area contributed by atoms with E-state index in [9.17, 15) is 0 Å². The van der Waals surface area contributed by atoms with Gasteiger partial charge in [0.05, 0.1) is 12.5 Å². The first kappa shape index (κ1) is 23.1. The molecule has 1 aromatic heterocycles. The Hall–Kier alpha value is -4.36. The molecule has 0 radical (unpaired) electrons. The second kappa shape index (κ2) is 10.7. The van der Waals surface area contributed by atoms with Gasteiger partial charge in [0, 0.05) is 0 Å². The van der Waals surface area contributed by atoms with E-state index in [0.717, 1.165) is 0 Å². The molecule has 1 aliphatic rings. The Morgan fingerprint density at radius 3 is 1.43 bits per heavy atom. The smallest absolute Gasteiger partial charge is 0.0902 e. The highest BCUT2D eigenvalue weighted by Crippen LogP contribution is 2.33. The lowest BCUT2D eigenvalue weighted by Crippen LogP contribution is -2.02. The Balaban J connectivity index is 0.000000117. The second-order valence-electron chi connectivity index (χ2n) is 9.59. The van der Waals surface area contributed by atoms with Crippen molar-refractivity contribution in [1.29, 1.82) is 0 Å².